The van der Waals surface area contributed by atoms with Gasteiger partial charge < -0.3 is 10.6 Å². The molecule has 188 valence electrons. The van der Waals surface area contributed by atoms with Gasteiger partial charge in [0.05, 0.1) is 24.1 Å². The summed E-state index contributed by atoms with van der Waals surface area (Å²) in [5.41, 5.74) is 3.78. The fourth-order valence-corrected chi connectivity index (χ4v) is 6.73. The van der Waals surface area contributed by atoms with Crippen LogP contribution < -0.4 is 10.6 Å². The molecule has 1 aliphatic carbocycles. The topological polar surface area (TPSA) is 115 Å². The smallest absolute Gasteiger partial charge is 0.290 e. The monoisotopic (exact) mass is 497 g/mol. The quantitative estimate of drug-likeness (QED) is 0.646. The maximum atomic E-state index is 12.9. The van der Waals surface area contributed by atoms with Crippen molar-refractivity contribution in [1.82, 2.24) is 10.2 Å². The zero-order valence-electron chi connectivity index (χ0n) is 21.0. The van der Waals surface area contributed by atoms with Crippen LogP contribution in [-0.4, -0.2) is 63.2 Å². The first kappa shape index (κ1) is 25.4. The van der Waals surface area contributed by atoms with E-state index in [-0.39, 0.29) is 40.7 Å². The van der Waals surface area contributed by atoms with E-state index in [1.165, 1.54) is 5.57 Å². The van der Waals surface area contributed by atoms with E-state index < -0.39 is 15.9 Å². The number of hydrogen-bond donors (Lipinski definition) is 2. The Labute approximate surface area is 208 Å². The highest BCUT2D eigenvalue weighted by atomic mass is 32.2. The van der Waals surface area contributed by atoms with Gasteiger partial charge in [-0.2, -0.15) is 5.26 Å². The first-order valence-corrected chi connectivity index (χ1v) is 14.0. The second kappa shape index (κ2) is 9.40. The molecule has 0 radical (unpaired) electrons. The van der Waals surface area contributed by atoms with Crippen LogP contribution in [0.5, 0.6) is 0 Å². The number of anilines is 1. The molecule has 1 atom stereocenters. The lowest BCUT2D eigenvalue weighted by Gasteiger charge is -2.43. The Hall–Kier alpha value is -2.70. The fourth-order valence-electron chi connectivity index (χ4n) is 5.23. The second-order valence-corrected chi connectivity index (χ2v) is 13.2. The Bertz CT molecular complexity index is 1210. The van der Waals surface area contributed by atoms with Crippen LogP contribution >= 0.6 is 0 Å². The van der Waals surface area contributed by atoms with Crippen molar-refractivity contribution in [3.8, 4) is 6.07 Å². The molecule has 2 aliphatic heterocycles. The molecule has 2 heterocycles. The normalized spacial score (nSPS) is 24.6. The molecule has 8 nitrogen and oxygen atoms in total. The molecule has 35 heavy (non-hydrogen) atoms. The number of rotatable bonds is 5. The van der Waals surface area contributed by atoms with Gasteiger partial charge in [-0.25, -0.2) is 8.42 Å². The largest absolute Gasteiger partial charge is 0.349 e. The maximum absolute atomic E-state index is 12.9. The van der Waals surface area contributed by atoms with E-state index in [0.717, 1.165) is 30.4 Å². The van der Waals surface area contributed by atoms with E-state index in [0.29, 0.717) is 18.5 Å². The minimum absolute atomic E-state index is 0.168. The van der Waals surface area contributed by atoms with E-state index >= 15 is 0 Å². The molecule has 0 bridgehead atoms. The molecule has 1 amide bonds. The van der Waals surface area contributed by atoms with Crippen molar-refractivity contribution in [3.05, 3.63) is 35.4 Å². The molecule has 1 aromatic carbocycles. The van der Waals surface area contributed by atoms with Crippen molar-refractivity contribution >= 4 is 32.8 Å². The number of hydrogen-bond acceptors (Lipinski definition) is 7. The van der Waals surface area contributed by atoms with Crippen molar-refractivity contribution in [3.63, 3.8) is 0 Å². The first-order chi connectivity index (χ1) is 16.4. The average Bonchev–Trinajstić information content (AvgIpc) is 3.29. The number of nitriles is 1. The van der Waals surface area contributed by atoms with Crippen molar-refractivity contribution in [2.24, 2.45) is 10.4 Å². The Morgan fingerprint density at radius 2 is 1.94 bits per heavy atom. The first-order valence-electron chi connectivity index (χ1n) is 12.2. The zero-order valence-corrected chi connectivity index (χ0v) is 21.8. The van der Waals surface area contributed by atoms with Crippen LogP contribution in [0, 0.1) is 16.7 Å². The Kier molecular flexibility index (Phi) is 6.82. The SMILES string of the molecule is CN(C)C1(c2ccc(NC(=O)C3=NCC(C#N)N3)c(C3=CCC(C)(C)CC3)c2)CCS(=O)(=O)CC1. The lowest BCUT2D eigenvalue weighted by atomic mass is 9.75. The van der Waals surface area contributed by atoms with Crippen LogP contribution in [0.25, 0.3) is 5.57 Å². The van der Waals surface area contributed by atoms with E-state index in [1.54, 1.807) is 0 Å². The number of amides is 1. The van der Waals surface area contributed by atoms with Crippen LogP contribution in [0.1, 0.15) is 57.1 Å². The number of carbonyl (C=O) groups is 1. The maximum Gasteiger partial charge on any atom is 0.290 e. The van der Waals surface area contributed by atoms with Crippen LogP contribution in [0.4, 0.5) is 5.69 Å². The third-order valence-electron chi connectivity index (χ3n) is 7.75. The lowest BCUT2D eigenvalue weighted by Crippen LogP contribution is -2.47. The number of sulfone groups is 1. The van der Waals surface area contributed by atoms with Gasteiger partial charge >= 0.3 is 0 Å². The van der Waals surface area contributed by atoms with Crippen molar-refractivity contribution < 1.29 is 13.2 Å². The van der Waals surface area contributed by atoms with E-state index in [2.05, 4.69) is 52.6 Å². The van der Waals surface area contributed by atoms with Crippen LogP contribution in [-0.2, 0) is 20.2 Å². The summed E-state index contributed by atoms with van der Waals surface area (Å²) in [6.07, 6.45) is 6.24. The third-order valence-corrected chi connectivity index (χ3v) is 9.40. The Balaban J connectivity index is 1.71. The Morgan fingerprint density at radius 1 is 1.23 bits per heavy atom. The summed E-state index contributed by atoms with van der Waals surface area (Å²) in [4.78, 5) is 19.2. The predicted molar refractivity (Wildman–Crippen MR) is 139 cm³/mol. The molecule has 1 fully saturated rings. The van der Waals surface area contributed by atoms with Gasteiger partial charge in [0.2, 0.25) is 0 Å². The molecular formula is C26H35N5O3S. The van der Waals surface area contributed by atoms with Crippen molar-refractivity contribution in [2.45, 2.75) is 57.5 Å². The third kappa shape index (κ3) is 5.29. The van der Waals surface area contributed by atoms with E-state index in [9.17, 15) is 13.2 Å². The number of amidine groups is 1. The number of nitrogens with one attached hydrogen (secondary N) is 2. The molecule has 0 spiro atoms. The van der Waals surface area contributed by atoms with Gasteiger partial charge in [-0.3, -0.25) is 14.7 Å². The second-order valence-electron chi connectivity index (χ2n) is 10.9. The number of aliphatic imine (C=N–C) groups is 1. The zero-order chi connectivity index (χ0) is 25.4. The van der Waals surface area contributed by atoms with E-state index in [4.69, 9.17) is 5.26 Å². The van der Waals surface area contributed by atoms with Gasteiger partial charge in [-0.15, -0.1) is 0 Å². The summed E-state index contributed by atoms with van der Waals surface area (Å²) in [7, 11) is 0.993. The number of nitrogens with zero attached hydrogens (tertiary/aromatic N) is 3. The number of allylic oxidation sites excluding steroid dienone is 2. The average molecular weight is 498 g/mol. The lowest BCUT2D eigenvalue weighted by molar-refractivity contribution is -0.110. The summed E-state index contributed by atoms with van der Waals surface area (Å²) in [6, 6.07) is 7.67. The highest BCUT2D eigenvalue weighted by molar-refractivity contribution is 7.91. The van der Waals surface area contributed by atoms with Gasteiger partial charge in [0.25, 0.3) is 5.91 Å². The molecule has 9 heteroatoms. The van der Waals surface area contributed by atoms with Crippen molar-refractivity contribution in [2.75, 3.05) is 37.5 Å². The van der Waals surface area contributed by atoms with Gasteiger partial charge in [-0.1, -0.05) is 26.0 Å². The minimum Gasteiger partial charge on any atom is -0.349 e. The summed E-state index contributed by atoms with van der Waals surface area (Å²) in [6.45, 7) is 4.79. The van der Waals surface area contributed by atoms with Gasteiger partial charge in [-0.05, 0) is 74.9 Å². The minimum atomic E-state index is -3.02. The molecular weight excluding hydrogens is 462 g/mol. The van der Waals surface area contributed by atoms with Crippen LogP contribution in [0.15, 0.2) is 29.3 Å². The molecule has 1 aromatic rings. The molecule has 1 unspecified atom stereocenters. The van der Waals surface area contributed by atoms with Gasteiger partial charge in [0.1, 0.15) is 15.9 Å². The van der Waals surface area contributed by atoms with Crippen molar-refractivity contribution in [1.29, 1.82) is 5.26 Å². The molecule has 1 saturated heterocycles. The Morgan fingerprint density at radius 3 is 2.51 bits per heavy atom. The number of carbonyl (C=O) groups excluding carboxylic acids is 1. The highest BCUT2D eigenvalue weighted by Crippen LogP contribution is 2.43. The fraction of sp³-hybridized carbons (Fsp3) is 0.577. The molecule has 0 aromatic heterocycles. The van der Waals surface area contributed by atoms with Gasteiger partial charge in [0, 0.05) is 16.8 Å². The van der Waals surface area contributed by atoms with Gasteiger partial charge in [0.15, 0.2) is 5.84 Å². The molecule has 4 rings (SSSR count). The molecule has 3 aliphatic rings. The molecule has 0 saturated carbocycles. The van der Waals surface area contributed by atoms with E-state index in [1.807, 2.05) is 26.2 Å². The highest BCUT2D eigenvalue weighted by Gasteiger charge is 2.41. The summed E-state index contributed by atoms with van der Waals surface area (Å²) >= 11 is 0. The van der Waals surface area contributed by atoms with Crippen LogP contribution in [0.3, 0.4) is 0 Å². The summed E-state index contributed by atoms with van der Waals surface area (Å²) in [5, 5.41) is 15.0. The van der Waals surface area contributed by atoms with Crippen LogP contribution in [0.2, 0.25) is 0 Å². The number of benzene rings is 1. The predicted octanol–water partition coefficient (Wildman–Crippen LogP) is 3.08. The standard InChI is InChI=1S/C26H35N5O3S/c1-25(2)9-7-18(8-10-25)21-15-19(26(31(3)4)11-13-35(33,34)14-12-26)5-6-22(21)30-24(32)23-28-17-20(16-27)29-23/h5-7,15,20H,8-14,17H2,1-4H3,(H,28,29)(H,30,32). The summed E-state index contributed by atoms with van der Waals surface area (Å²) < 4.78 is 24.4. The molecule has 2 N–H and O–H groups in total. The summed E-state index contributed by atoms with van der Waals surface area (Å²) in [5.74, 6) is 0.148.